The van der Waals surface area contributed by atoms with E-state index in [9.17, 15) is 18.0 Å². The fraction of sp³-hybridized carbons (Fsp3) is 0.423. The first-order valence-electron chi connectivity index (χ1n) is 12.4. The average Bonchev–Trinajstić information content (AvgIpc) is 2.84. The van der Waals surface area contributed by atoms with Crippen LogP contribution in [-0.2, 0) is 28.4 Å². The third-order valence-electron chi connectivity index (χ3n) is 6.41. The van der Waals surface area contributed by atoms with Crippen molar-refractivity contribution in [2.75, 3.05) is 23.7 Å². The van der Waals surface area contributed by atoms with E-state index >= 15 is 0 Å². The molecule has 0 spiro atoms. The molecule has 3 aromatic rings. The van der Waals surface area contributed by atoms with Crippen LogP contribution in [0.15, 0.2) is 30.5 Å². The Bertz CT molecular complexity index is 1350. The Kier molecular flexibility index (Phi) is 7.01. The van der Waals surface area contributed by atoms with E-state index in [1.54, 1.807) is 19.1 Å². The van der Waals surface area contributed by atoms with Crippen molar-refractivity contribution in [3.8, 4) is 11.3 Å². The number of carbonyl (C=O) groups is 1. The van der Waals surface area contributed by atoms with Crippen LogP contribution in [0.3, 0.4) is 0 Å². The second-order valence-electron chi connectivity index (χ2n) is 9.67. The molecule has 0 aromatic carbocycles. The standard InChI is InChI=1S/C26H28F3N7O2/c1-4-15-7-24(35-25(32-15)26(3,28)29)34-21-9-23(31-14(2)37)30-10-18(21)20-6-5-19(27)22(33-20)13-36-11-16-8-17(12-36)38-16/h5-7,9-10,16-17H,4,8,11-13H2,1-3H3,(H2,30,31,32,34,35,37)/t16-,17?/m0/s1. The maximum atomic E-state index is 14.8. The number of morpholine rings is 1. The van der Waals surface area contributed by atoms with Crippen molar-refractivity contribution in [3.63, 3.8) is 0 Å². The van der Waals surface area contributed by atoms with Gasteiger partial charge in [0.2, 0.25) is 11.7 Å². The van der Waals surface area contributed by atoms with Gasteiger partial charge in [0.1, 0.15) is 17.5 Å². The number of hydrogen-bond acceptors (Lipinski definition) is 8. The first-order valence-corrected chi connectivity index (χ1v) is 12.4. The van der Waals surface area contributed by atoms with E-state index in [-0.39, 0.29) is 35.4 Å². The Morgan fingerprint density at radius 1 is 1.16 bits per heavy atom. The number of piperidine rings is 1. The third-order valence-corrected chi connectivity index (χ3v) is 6.41. The number of aromatic nitrogens is 4. The summed E-state index contributed by atoms with van der Waals surface area (Å²) < 4.78 is 48.6. The molecule has 6 heterocycles. The zero-order valence-corrected chi connectivity index (χ0v) is 21.3. The second kappa shape index (κ2) is 10.3. The van der Waals surface area contributed by atoms with E-state index in [4.69, 9.17) is 4.74 Å². The molecule has 12 heteroatoms. The van der Waals surface area contributed by atoms with Crippen molar-refractivity contribution >= 4 is 23.2 Å². The number of rotatable bonds is 8. The van der Waals surface area contributed by atoms with Gasteiger partial charge in [0.25, 0.3) is 0 Å². The number of halogens is 3. The number of alkyl halides is 2. The van der Waals surface area contributed by atoms with Crippen LogP contribution >= 0.6 is 0 Å². The smallest absolute Gasteiger partial charge is 0.303 e. The van der Waals surface area contributed by atoms with Crippen LogP contribution < -0.4 is 10.6 Å². The van der Waals surface area contributed by atoms with Crippen LogP contribution in [0.2, 0.25) is 0 Å². The molecule has 3 aliphatic rings. The number of aryl methyl sites for hydroxylation is 1. The van der Waals surface area contributed by atoms with Gasteiger partial charge in [0.15, 0.2) is 0 Å². The number of anilines is 3. The Morgan fingerprint density at radius 2 is 1.89 bits per heavy atom. The number of carbonyl (C=O) groups excluding carboxylic acids is 1. The molecule has 1 unspecified atom stereocenters. The number of amides is 1. The average molecular weight is 528 g/mol. The zero-order valence-electron chi connectivity index (χ0n) is 21.3. The minimum atomic E-state index is -3.24. The summed E-state index contributed by atoms with van der Waals surface area (Å²) in [5, 5.41) is 5.67. The predicted octanol–water partition coefficient (Wildman–Crippen LogP) is 4.42. The van der Waals surface area contributed by atoms with Crippen LogP contribution in [0.25, 0.3) is 11.3 Å². The number of fused-ring (bicyclic) bond motifs is 2. The van der Waals surface area contributed by atoms with Crippen molar-refractivity contribution in [2.24, 2.45) is 0 Å². The summed E-state index contributed by atoms with van der Waals surface area (Å²) in [4.78, 5) is 30.6. The molecule has 200 valence electrons. The fourth-order valence-corrected chi connectivity index (χ4v) is 4.61. The number of hydrogen-bond donors (Lipinski definition) is 2. The van der Waals surface area contributed by atoms with E-state index < -0.39 is 17.6 Å². The molecule has 3 aromatic heterocycles. The van der Waals surface area contributed by atoms with E-state index in [0.717, 1.165) is 26.4 Å². The normalized spacial score (nSPS) is 19.1. The van der Waals surface area contributed by atoms with Gasteiger partial charge in [0.05, 0.1) is 29.3 Å². The zero-order chi connectivity index (χ0) is 27.0. The first kappa shape index (κ1) is 26.0. The summed E-state index contributed by atoms with van der Waals surface area (Å²) >= 11 is 0. The molecule has 0 saturated carbocycles. The van der Waals surface area contributed by atoms with Crippen molar-refractivity contribution in [3.05, 3.63) is 53.5 Å². The van der Waals surface area contributed by atoms with E-state index in [1.807, 2.05) is 0 Å². The summed E-state index contributed by atoms with van der Waals surface area (Å²) in [5.74, 6) is -4.22. The van der Waals surface area contributed by atoms with Gasteiger partial charge < -0.3 is 15.4 Å². The Morgan fingerprint density at radius 3 is 2.55 bits per heavy atom. The van der Waals surface area contributed by atoms with Gasteiger partial charge in [-0.05, 0) is 18.6 Å². The lowest BCUT2D eigenvalue weighted by atomic mass is 9.98. The SMILES string of the molecule is CCc1cc(Nc2cc(NC(C)=O)ncc2-c2ccc(F)c(CN3CC4C[C@@H](C3)O4)n2)nc(C(C)(F)F)n1. The maximum absolute atomic E-state index is 14.8. The lowest BCUT2D eigenvalue weighted by molar-refractivity contribution is -0.182. The van der Waals surface area contributed by atoms with Crippen LogP contribution in [0.1, 0.15) is 44.4 Å². The van der Waals surface area contributed by atoms with Crippen LogP contribution in [0, 0.1) is 5.82 Å². The minimum absolute atomic E-state index is 0.143. The molecule has 2 bridgehead atoms. The third kappa shape index (κ3) is 5.76. The molecule has 1 amide bonds. The molecule has 3 saturated heterocycles. The highest BCUT2D eigenvalue weighted by molar-refractivity contribution is 5.89. The monoisotopic (exact) mass is 527 g/mol. The van der Waals surface area contributed by atoms with Crippen LogP contribution in [-0.4, -0.2) is 56.0 Å². The summed E-state index contributed by atoms with van der Waals surface area (Å²) in [6.45, 7) is 5.66. The van der Waals surface area contributed by atoms with Crippen molar-refractivity contribution in [2.45, 2.75) is 58.3 Å². The summed E-state index contributed by atoms with van der Waals surface area (Å²) in [7, 11) is 0. The number of pyridine rings is 2. The van der Waals surface area contributed by atoms with Crippen LogP contribution in [0.5, 0.6) is 0 Å². The molecule has 2 N–H and O–H groups in total. The summed E-state index contributed by atoms with van der Waals surface area (Å²) in [6, 6.07) is 6.00. The summed E-state index contributed by atoms with van der Waals surface area (Å²) in [6.07, 6.45) is 3.30. The molecule has 3 fully saturated rings. The van der Waals surface area contributed by atoms with Gasteiger partial charge in [-0.1, -0.05) is 6.92 Å². The molecule has 3 aliphatic heterocycles. The van der Waals surface area contributed by atoms with E-state index in [2.05, 4.69) is 35.5 Å². The summed E-state index contributed by atoms with van der Waals surface area (Å²) in [5.41, 5.74) is 2.01. The van der Waals surface area contributed by atoms with Crippen molar-refractivity contribution in [1.82, 2.24) is 24.8 Å². The number of ether oxygens (including phenoxy) is 1. The molecular weight excluding hydrogens is 499 g/mol. The maximum Gasteiger partial charge on any atom is 0.303 e. The quantitative estimate of drug-likeness (QED) is 0.444. The van der Waals surface area contributed by atoms with Gasteiger partial charge >= 0.3 is 5.92 Å². The number of nitrogens with one attached hydrogen (secondary N) is 2. The van der Waals surface area contributed by atoms with Gasteiger partial charge in [-0.25, -0.2) is 24.3 Å². The molecule has 0 aliphatic carbocycles. The largest absolute Gasteiger partial charge is 0.372 e. The molecular formula is C26H28F3N7O2. The Labute approximate surface area is 217 Å². The topological polar surface area (TPSA) is 105 Å². The molecule has 38 heavy (non-hydrogen) atoms. The lowest BCUT2D eigenvalue weighted by Gasteiger charge is -2.47. The van der Waals surface area contributed by atoms with Crippen LogP contribution in [0.4, 0.5) is 30.5 Å². The van der Waals surface area contributed by atoms with Gasteiger partial charge in [-0.15, -0.1) is 0 Å². The van der Waals surface area contributed by atoms with E-state index in [0.29, 0.717) is 35.6 Å². The molecule has 9 nitrogen and oxygen atoms in total. The Hall–Kier alpha value is -3.64. The molecule has 0 radical (unpaired) electrons. The van der Waals surface area contributed by atoms with Gasteiger partial charge in [0, 0.05) is 69.5 Å². The minimum Gasteiger partial charge on any atom is -0.372 e. The predicted molar refractivity (Wildman–Crippen MR) is 135 cm³/mol. The second-order valence-corrected chi connectivity index (χ2v) is 9.67. The molecule has 2 atom stereocenters. The highest BCUT2D eigenvalue weighted by atomic mass is 19.3. The van der Waals surface area contributed by atoms with Crippen molar-refractivity contribution < 1.29 is 22.7 Å². The van der Waals surface area contributed by atoms with E-state index in [1.165, 1.54) is 25.3 Å². The molecule has 6 rings (SSSR count). The fourth-order valence-electron chi connectivity index (χ4n) is 4.61. The van der Waals surface area contributed by atoms with Crippen molar-refractivity contribution in [1.29, 1.82) is 0 Å². The number of nitrogens with zero attached hydrogens (tertiary/aromatic N) is 5. The lowest BCUT2D eigenvalue weighted by Crippen LogP contribution is -2.56. The highest BCUT2D eigenvalue weighted by Gasteiger charge is 2.38. The van der Waals surface area contributed by atoms with Gasteiger partial charge in [-0.2, -0.15) is 8.78 Å². The highest BCUT2D eigenvalue weighted by Crippen LogP contribution is 2.33. The Balaban J connectivity index is 1.51. The van der Waals surface area contributed by atoms with Gasteiger partial charge in [-0.3, -0.25) is 9.69 Å². The first-order chi connectivity index (χ1) is 18.1.